The number of carbonyl (C=O) groups excluding carboxylic acids is 1. The van der Waals surface area contributed by atoms with Crippen molar-refractivity contribution < 1.29 is 9.18 Å². The van der Waals surface area contributed by atoms with E-state index in [0.29, 0.717) is 17.9 Å². The summed E-state index contributed by atoms with van der Waals surface area (Å²) in [5.41, 5.74) is 0.0383. The van der Waals surface area contributed by atoms with Gasteiger partial charge < -0.3 is 10.3 Å². The number of hydrogen-bond acceptors (Lipinski definition) is 4. The molecule has 6 nitrogen and oxygen atoms in total. The molecule has 2 aromatic rings. The van der Waals surface area contributed by atoms with Crippen LogP contribution in [0.4, 0.5) is 4.39 Å². The molecule has 0 atom stereocenters. The Morgan fingerprint density at radius 3 is 2.95 bits per heavy atom. The van der Waals surface area contributed by atoms with Crippen molar-refractivity contribution in [1.29, 1.82) is 0 Å². The summed E-state index contributed by atoms with van der Waals surface area (Å²) in [6.45, 7) is 0.512. The Morgan fingerprint density at radius 2 is 2.25 bits per heavy atom. The second kappa shape index (κ2) is 5.79. The van der Waals surface area contributed by atoms with E-state index in [1.807, 2.05) is 0 Å². The van der Waals surface area contributed by atoms with Crippen LogP contribution in [0.5, 0.6) is 0 Å². The topological polar surface area (TPSA) is 78.1 Å². The summed E-state index contributed by atoms with van der Waals surface area (Å²) in [4.78, 5) is 31.7. The molecule has 0 saturated heterocycles. The summed E-state index contributed by atoms with van der Waals surface area (Å²) < 4.78 is 13.1. The molecule has 1 aromatic heterocycles. The smallest absolute Gasteiger partial charge is 0.258 e. The van der Waals surface area contributed by atoms with E-state index in [1.54, 1.807) is 19.0 Å². The van der Waals surface area contributed by atoms with Gasteiger partial charge in [-0.05, 0) is 25.2 Å². The average molecular weight is 278 g/mol. The first-order valence-corrected chi connectivity index (χ1v) is 6.07. The van der Waals surface area contributed by atoms with Crippen LogP contribution < -0.4 is 10.9 Å². The van der Waals surface area contributed by atoms with Gasteiger partial charge in [0.15, 0.2) is 0 Å². The van der Waals surface area contributed by atoms with E-state index in [9.17, 15) is 14.0 Å². The third-order valence-corrected chi connectivity index (χ3v) is 2.83. The van der Waals surface area contributed by atoms with Gasteiger partial charge in [-0.3, -0.25) is 14.5 Å². The van der Waals surface area contributed by atoms with Crippen LogP contribution in [0.15, 0.2) is 23.0 Å². The molecule has 1 heterocycles. The van der Waals surface area contributed by atoms with E-state index in [1.165, 1.54) is 12.1 Å². The van der Waals surface area contributed by atoms with Crippen LogP contribution in [0.1, 0.15) is 5.82 Å². The zero-order valence-corrected chi connectivity index (χ0v) is 11.2. The third kappa shape index (κ3) is 3.18. The highest BCUT2D eigenvalue weighted by Gasteiger charge is 2.09. The van der Waals surface area contributed by atoms with Gasteiger partial charge in [-0.15, -0.1) is 0 Å². The third-order valence-electron chi connectivity index (χ3n) is 2.83. The number of nitrogens with zero attached hydrogens (tertiary/aromatic N) is 2. The lowest BCUT2D eigenvalue weighted by molar-refractivity contribution is -0.121. The Labute approximate surface area is 114 Å². The van der Waals surface area contributed by atoms with Crippen LogP contribution in [-0.4, -0.2) is 41.4 Å². The van der Waals surface area contributed by atoms with Crippen LogP contribution in [0.25, 0.3) is 10.9 Å². The number of aromatic nitrogens is 2. The average Bonchev–Trinajstić information content (AvgIpc) is 2.39. The first-order chi connectivity index (χ1) is 9.49. The fourth-order valence-electron chi connectivity index (χ4n) is 1.87. The summed E-state index contributed by atoms with van der Waals surface area (Å²) in [7, 11) is 3.30. The number of benzene rings is 1. The minimum absolute atomic E-state index is 0.127. The summed E-state index contributed by atoms with van der Waals surface area (Å²) in [5.74, 6) is -0.174. The first kappa shape index (κ1) is 14.1. The molecule has 0 spiro atoms. The highest BCUT2D eigenvalue weighted by Crippen LogP contribution is 2.09. The molecule has 0 unspecified atom stereocenters. The number of likely N-dealkylation sites (N-methyl/N-ethyl adjacent to an activating group) is 2. The number of carbonyl (C=O) groups is 1. The maximum Gasteiger partial charge on any atom is 0.258 e. The molecule has 106 valence electrons. The zero-order chi connectivity index (χ0) is 14.7. The lowest BCUT2D eigenvalue weighted by atomic mass is 10.2. The van der Waals surface area contributed by atoms with Crippen molar-refractivity contribution in [3.05, 3.63) is 40.2 Å². The number of amides is 1. The van der Waals surface area contributed by atoms with Crippen molar-refractivity contribution in [2.75, 3.05) is 20.6 Å². The van der Waals surface area contributed by atoms with Gasteiger partial charge >= 0.3 is 0 Å². The maximum atomic E-state index is 13.1. The van der Waals surface area contributed by atoms with E-state index in [0.717, 1.165) is 6.07 Å². The van der Waals surface area contributed by atoms with Crippen molar-refractivity contribution >= 4 is 16.8 Å². The van der Waals surface area contributed by atoms with E-state index >= 15 is 0 Å². The Kier molecular flexibility index (Phi) is 4.09. The molecule has 2 N–H and O–H groups in total. The lowest BCUT2D eigenvalue weighted by Gasteiger charge is -2.14. The van der Waals surface area contributed by atoms with E-state index < -0.39 is 11.4 Å². The number of hydrogen-bond donors (Lipinski definition) is 2. The second-order valence-electron chi connectivity index (χ2n) is 4.52. The van der Waals surface area contributed by atoms with Gasteiger partial charge in [-0.25, -0.2) is 9.37 Å². The molecule has 0 aliphatic carbocycles. The van der Waals surface area contributed by atoms with E-state index in [4.69, 9.17) is 0 Å². The van der Waals surface area contributed by atoms with Gasteiger partial charge in [0.05, 0.1) is 24.0 Å². The number of H-pyrrole nitrogens is 1. The predicted octanol–water partition coefficient (Wildman–Crippen LogP) is 0.240. The molecule has 0 radical (unpaired) electrons. The molecule has 0 aliphatic heterocycles. The highest BCUT2D eigenvalue weighted by molar-refractivity contribution is 5.78. The number of aromatic amines is 1. The van der Waals surface area contributed by atoms with Gasteiger partial charge in [0.1, 0.15) is 11.6 Å². The van der Waals surface area contributed by atoms with Gasteiger partial charge in [-0.2, -0.15) is 0 Å². The van der Waals surface area contributed by atoms with Crippen LogP contribution in [-0.2, 0) is 11.3 Å². The number of nitrogens with one attached hydrogen (secondary N) is 2. The van der Waals surface area contributed by atoms with Crippen LogP contribution in [0.2, 0.25) is 0 Å². The van der Waals surface area contributed by atoms with Gasteiger partial charge in [-0.1, -0.05) is 0 Å². The number of fused-ring (bicyclic) bond motifs is 1. The van der Waals surface area contributed by atoms with Crippen LogP contribution in [0.3, 0.4) is 0 Å². The van der Waals surface area contributed by atoms with Crippen LogP contribution in [0, 0.1) is 5.82 Å². The minimum Gasteiger partial charge on any atom is -0.358 e. The molecule has 0 bridgehead atoms. The molecule has 2 rings (SSSR count). The Hall–Kier alpha value is -2.28. The van der Waals surface area contributed by atoms with Gasteiger partial charge in [0.25, 0.3) is 5.56 Å². The largest absolute Gasteiger partial charge is 0.358 e. The normalized spacial score (nSPS) is 11.0. The van der Waals surface area contributed by atoms with Crippen LogP contribution >= 0.6 is 0 Å². The summed E-state index contributed by atoms with van der Waals surface area (Å²) in [5, 5.41) is 2.73. The molecule has 0 aliphatic rings. The Balaban J connectivity index is 2.26. The van der Waals surface area contributed by atoms with Crippen molar-refractivity contribution in [3.63, 3.8) is 0 Å². The molecule has 0 saturated carbocycles. The molecule has 1 aromatic carbocycles. The van der Waals surface area contributed by atoms with Crippen molar-refractivity contribution in [3.8, 4) is 0 Å². The van der Waals surface area contributed by atoms with E-state index in [-0.39, 0.29) is 17.8 Å². The zero-order valence-electron chi connectivity index (χ0n) is 11.2. The van der Waals surface area contributed by atoms with Gasteiger partial charge in [0, 0.05) is 7.05 Å². The minimum atomic E-state index is -0.478. The summed E-state index contributed by atoms with van der Waals surface area (Å²) in [6, 6.07) is 3.87. The molecule has 1 amide bonds. The van der Waals surface area contributed by atoms with Crippen molar-refractivity contribution in [2.45, 2.75) is 6.54 Å². The summed E-state index contributed by atoms with van der Waals surface area (Å²) in [6.07, 6.45) is 0. The van der Waals surface area contributed by atoms with Gasteiger partial charge in [0.2, 0.25) is 5.91 Å². The van der Waals surface area contributed by atoms with Crippen molar-refractivity contribution in [2.24, 2.45) is 0 Å². The molecule has 7 heteroatoms. The molecule has 20 heavy (non-hydrogen) atoms. The molecular formula is C13H15FN4O2. The Morgan fingerprint density at radius 1 is 1.50 bits per heavy atom. The van der Waals surface area contributed by atoms with Crippen molar-refractivity contribution in [1.82, 2.24) is 20.2 Å². The SMILES string of the molecule is CNC(=O)CN(C)Cc1nc2ccc(F)cc2c(=O)[nH]1. The highest BCUT2D eigenvalue weighted by atomic mass is 19.1. The lowest BCUT2D eigenvalue weighted by Crippen LogP contribution is -2.33. The second-order valence-corrected chi connectivity index (χ2v) is 4.52. The first-order valence-electron chi connectivity index (χ1n) is 6.07. The summed E-state index contributed by atoms with van der Waals surface area (Å²) >= 11 is 0. The fourth-order valence-corrected chi connectivity index (χ4v) is 1.87. The number of halogens is 1. The Bertz CT molecular complexity index is 698. The van der Waals surface area contributed by atoms with E-state index in [2.05, 4.69) is 15.3 Å². The molecular weight excluding hydrogens is 263 g/mol. The quantitative estimate of drug-likeness (QED) is 0.840. The fraction of sp³-hybridized carbons (Fsp3) is 0.308. The number of rotatable bonds is 4. The monoisotopic (exact) mass is 278 g/mol. The molecule has 0 fully saturated rings. The standard InChI is InChI=1S/C13H15FN4O2/c1-15-12(19)7-18(2)6-11-16-10-4-3-8(14)5-9(10)13(20)17-11/h3-5H,6-7H2,1-2H3,(H,15,19)(H,16,17,20). The maximum absolute atomic E-state index is 13.1. The predicted molar refractivity (Wildman–Crippen MR) is 72.7 cm³/mol.